The third-order valence-electron chi connectivity index (χ3n) is 3.42. The van der Waals surface area contributed by atoms with Crippen LogP contribution in [0.4, 0.5) is 0 Å². The van der Waals surface area contributed by atoms with Gasteiger partial charge in [-0.05, 0) is 25.7 Å². The highest BCUT2D eigenvalue weighted by Gasteiger charge is 2.10. The summed E-state index contributed by atoms with van der Waals surface area (Å²) < 4.78 is 5.23. The molecular weight excluding hydrogens is 405 g/mol. The normalized spacial score (nSPS) is 13.1. The van der Waals surface area contributed by atoms with Gasteiger partial charge in [-0.2, -0.15) is 4.98 Å². The summed E-state index contributed by atoms with van der Waals surface area (Å²) in [7, 11) is 1.79. The minimum absolute atomic E-state index is 0. The summed E-state index contributed by atoms with van der Waals surface area (Å²) in [6, 6.07) is 0.407. The van der Waals surface area contributed by atoms with E-state index < -0.39 is 0 Å². The largest absolute Gasteiger partial charge is 0.356 e. The summed E-state index contributed by atoms with van der Waals surface area (Å²) in [5, 5.41) is 10.7. The summed E-state index contributed by atoms with van der Waals surface area (Å²) in [4.78, 5) is 8.61. The lowest BCUT2D eigenvalue weighted by Crippen LogP contribution is -2.43. The predicted molar refractivity (Wildman–Crippen MR) is 106 cm³/mol. The van der Waals surface area contributed by atoms with Crippen LogP contribution in [-0.2, 0) is 6.42 Å². The Morgan fingerprint density at radius 2 is 1.87 bits per heavy atom. The van der Waals surface area contributed by atoms with Crippen molar-refractivity contribution in [3.05, 3.63) is 11.7 Å². The third-order valence-corrected chi connectivity index (χ3v) is 3.42. The van der Waals surface area contributed by atoms with Gasteiger partial charge in [0.25, 0.3) is 0 Å². The van der Waals surface area contributed by atoms with E-state index in [4.69, 9.17) is 4.52 Å². The molecule has 1 aromatic rings. The summed E-state index contributed by atoms with van der Waals surface area (Å²) >= 11 is 0. The molecule has 0 saturated heterocycles. The van der Waals surface area contributed by atoms with Gasteiger partial charge >= 0.3 is 0 Å². The minimum atomic E-state index is 0. The fraction of sp³-hybridized carbons (Fsp3) is 0.812. The number of hydrogen-bond donors (Lipinski definition) is 2. The molecule has 6 nitrogen and oxygen atoms in total. The van der Waals surface area contributed by atoms with E-state index in [2.05, 4.69) is 60.4 Å². The predicted octanol–water partition coefficient (Wildman–Crippen LogP) is 3.34. The van der Waals surface area contributed by atoms with E-state index in [0.717, 1.165) is 30.7 Å². The quantitative estimate of drug-likeness (QED) is 0.371. The van der Waals surface area contributed by atoms with Crippen LogP contribution in [0.25, 0.3) is 0 Å². The van der Waals surface area contributed by atoms with E-state index in [9.17, 15) is 0 Å². The van der Waals surface area contributed by atoms with Crippen LogP contribution in [0.2, 0.25) is 0 Å². The first-order valence-corrected chi connectivity index (χ1v) is 8.22. The second-order valence-electron chi connectivity index (χ2n) is 6.47. The van der Waals surface area contributed by atoms with Crippen LogP contribution in [-0.4, -0.2) is 35.7 Å². The van der Waals surface area contributed by atoms with Crippen LogP contribution in [0.15, 0.2) is 9.52 Å². The molecule has 0 aliphatic rings. The van der Waals surface area contributed by atoms with Crippen LogP contribution in [0.5, 0.6) is 0 Å². The molecule has 134 valence electrons. The van der Waals surface area contributed by atoms with Gasteiger partial charge in [0, 0.05) is 32.0 Å². The number of nitrogens with one attached hydrogen (secondary N) is 2. The van der Waals surface area contributed by atoms with Crippen molar-refractivity contribution < 1.29 is 4.52 Å². The highest BCUT2D eigenvalue weighted by molar-refractivity contribution is 14.0. The molecule has 2 N–H and O–H groups in total. The first-order chi connectivity index (χ1) is 10.4. The molecule has 0 fully saturated rings. The van der Waals surface area contributed by atoms with Gasteiger partial charge in [-0.1, -0.05) is 32.9 Å². The topological polar surface area (TPSA) is 75.3 Å². The number of aliphatic imine (C=N–C) groups is 1. The van der Waals surface area contributed by atoms with Gasteiger partial charge < -0.3 is 15.2 Å². The van der Waals surface area contributed by atoms with Crippen molar-refractivity contribution in [1.82, 2.24) is 20.8 Å². The molecule has 0 amide bonds. The number of halogens is 1. The smallest absolute Gasteiger partial charge is 0.228 e. The summed E-state index contributed by atoms with van der Waals surface area (Å²) in [5.74, 6) is 3.27. The van der Waals surface area contributed by atoms with Crippen LogP contribution < -0.4 is 10.6 Å². The maximum absolute atomic E-state index is 5.23. The molecule has 23 heavy (non-hydrogen) atoms. The van der Waals surface area contributed by atoms with E-state index in [1.807, 2.05) is 0 Å². The van der Waals surface area contributed by atoms with E-state index in [1.54, 1.807) is 7.05 Å². The Bertz CT molecular complexity index is 459. The Labute approximate surface area is 157 Å². The van der Waals surface area contributed by atoms with Crippen molar-refractivity contribution >= 4 is 29.9 Å². The lowest BCUT2D eigenvalue weighted by molar-refractivity contribution is 0.371. The molecule has 0 aromatic carbocycles. The summed E-state index contributed by atoms with van der Waals surface area (Å²) in [6.45, 7) is 11.5. The molecule has 7 heteroatoms. The first-order valence-electron chi connectivity index (χ1n) is 8.22. The van der Waals surface area contributed by atoms with Crippen molar-refractivity contribution in [2.45, 2.75) is 65.8 Å². The molecule has 1 rings (SSSR count). The second-order valence-corrected chi connectivity index (χ2v) is 6.47. The molecule has 1 heterocycles. The van der Waals surface area contributed by atoms with Crippen molar-refractivity contribution in [2.75, 3.05) is 13.6 Å². The molecule has 0 radical (unpaired) electrons. The zero-order valence-electron chi connectivity index (χ0n) is 15.2. The number of nitrogens with zero attached hydrogens (tertiary/aromatic N) is 3. The third kappa shape index (κ3) is 9.12. The Kier molecular flexibility index (Phi) is 11.2. The molecule has 0 aliphatic heterocycles. The Morgan fingerprint density at radius 3 is 2.39 bits per heavy atom. The van der Waals surface area contributed by atoms with Gasteiger partial charge in [-0.3, -0.25) is 4.99 Å². The molecule has 0 aliphatic carbocycles. The van der Waals surface area contributed by atoms with E-state index >= 15 is 0 Å². The van der Waals surface area contributed by atoms with Crippen LogP contribution in [0, 0.1) is 5.92 Å². The van der Waals surface area contributed by atoms with Gasteiger partial charge in [0.1, 0.15) is 0 Å². The Balaban J connectivity index is 0.00000484. The maximum atomic E-state index is 5.23. The van der Waals surface area contributed by atoms with Gasteiger partial charge in [-0.25, -0.2) is 0 Å². The zero-order valence-corrected chi connectivity index (χ0v) is 17.5. The first kappa shape index (κ1) is 22.1. The molecule has 1 unspecified atom stereocenters. The van der Waals surface area contributed by atoms with Crippen molar-refractivity contribution in [2.24, 2.45) is 10.9 Å². The van der Waals surface area contributed by atoms with Crippen LogP contribution >= 0.6 is 24.0 Å². The van der Waals surface area contributed by atoms with E-state index in [1.165, 1.54) is 6.42 Å². The SMILES string of the molecule is CN=C(NCCc1nc(C(C)C)no1)NC(C)CCC(C)C.I. The number of rotatable bonds is 8. The second kappa shape index (κ2) is 11.6. The number of hydrogen-bond acceptors (Lipinski definition) is 4. The number of guanidine groups is 1. The Morgan fingerprint density at radius 1 is 1.17 bits per heavy atom. The highest BCUT2D eigenvalue weighted by Crippen LogP contribution is 2.09. The molecule has 0 saturated carbocycles. The molecule has 0 spiro atoms. The molecular formula is C16H32IN5O. The summed E-state index contributed by atoms with van der Waals surface area (Å²) in [5.41, 5.74) is 0. The fourth-order valence-corrected chi connectivity index (χ4v) is 1.98. The molecule has 0 bridgehead atoms. The number of aromatic nitrogens is 2. The van der Waals surface area contributed by atoms with Gasteiger partial charge in [0.2, 0.25) is 5.89 Å². The Hall–Kier alpha value is -0.860. The zero-order chi connectivity index (χ0) is 16.5. The standard InChI is InChI=1S/C16H31N5O.HI/c1-11(2)7-8-13(5)19-16(17-6)18-10-9-14-20-15(12(3)4)21-22-14;/h11-13H,7-10H2,1-6H3,(H2,17,18,19);1H. The average molecular weight is 437 g/mol. The maximum Gasteiger partial charge on any atom is 0.228 e. The van der Waals surface area contributed by atoms with E-state index in [-0.39, 0.29) is 24.0 Å². The minimum Gasteiger partial charge on any atom is -0.356 e. The highest BCUT2D eigenvalue weighted by atomic mass is 127. The van der Waals surface area contributed by atoms with Crippen molar-refractivity contribution in [3.8, 4) is 0 Å². The van der Waals surface area contributed by atoms with E-state index in [0.29, 0.717) is 24.3 Å². The van der Waals surface area contributed by atoms with Crippen LogP contribution in [0.1, 0.15) is 65.1 Å². The van der Waals surface area contributed by atoms with Crippen molar-refractivity contribution in [3.63, 3.8) is 0 Å². The lowest BCUT2D eigenvalue weighted by Gasteiger charge is -2.18. The van der Waals surface area contributed by atoms with Gasteiger partial charge in [-0.15, -0.1) is 24.0 Å². The molecule has 1 atom stereocenters. The summed E-state index contributed by atoms with van der Waals surface area (Å²) in [6.07, 6.45) is 3.05. The van der Waals surface area contributed by atoms with Crippen molar-refractivity contribution in [1.29, 1.82) is 0 Å². The van der Waals surface area contributed by atoms with Gasteiger partial charge in [0.15, 0.2) is 11.8 Å². The molecule has 1 aromatic heterocycles. The lowest BCUT2D eigenvalue weighted by atomic mass is 10.0. The fourth-order valence-electron chi connectivity index (χ4n) is 1.98. The van der Waals surface area contributed by atoms with Crippen LogP contribution in [0.3, 0.4) is 0 Å². The monoisotopic (exact) mass is 437 g/mol. The van der Waals surface area contributed by atoms with Gasteiger partial charge in [0.05, 0.1) is 0 Å². The average Bonchev–Trinajstić information content (AvgIpc) is 2.93.